The summed E-state index contributed by atoms with van der Waals surface area (Å²) in [5.74, 6) is 0. The lowest BCUT2D eigenvalue weighted by atomic mass is 10.00. The van der Waals surface area contributed by atoms with Crippen molar-refractivity contribution in [2.75, 3.05) is 4.90 Å². The van der Waals surface area contributed by atoms with Crippen molar-refractivity contribution in [1.82, 2.24) is 0 Å². The van der Waals surface area contributed by atoms with E-state index in [1.54, 1.807) is 10.4 Å². The van der Waals surface area contributed by atoms with Crippen LogP contribution in [-0.2, 0) is 0 Å². The van der Waals surface area contributed by atoms with E-state index in [2.05, 4.69) is 195 Å². The molecule has 0 saturated carbocycles. The zero-order chi connectivity index (χ0) is 36.3. The second-order valence-electron chi connectivity index (χ2n) is 16.1. The van der Waals surface area contributed by atoms with Gasteiger partial charge in [-0.2, -0.15) is 0 Å². The maximum absolute atomic E-state index is 2.57. The van der Waals surface area contributed by atoms with E-state index >= 15 is 0 Å². The van der Waals surface area contributed by atoms with Crippen LogP contribution in [-0.4, -0.2) is 16.1 Å². The van der Waals surface area contributed by atoms with Crippen LogP contribution in [0.4, 0.5) is 17.1 Å². The Labute approximate surface area is 322 Å². The topological polar surface area (TPSA) is 3.24 Å². The predicted octanol–water partition coefficient (Wildman–Crippen LogP) is 12.0. The van der Waals surface area contributed by atoms with Crippen LogP contribution in [0, 0.1) is 0 Å². The Morgan fingerprint density at radius 1 is 0.444 bits per heavy atom. The smallest absolute Gasteiger partial charge is 0.116 e. The third-order valence-corrected chi connectivity index (χ3v) is 20.7. The predicted molar refractivity (Wildman–Crippen MR) is 241 cm³/mol. The molecule has 0 amide bonds. The number of nitrogens with zero attached hydrogens (tertiary/aromatic N) is 1. The molecule has 4 heteroatoms. The molecule has 0 radical (unpaired) electrons. The molecule has 1 nitrogen and oxygen atoms in total. The summed E-state index contributed by atoms with van der Waals surface area (Å²) in [4.78, 5) is 2.57. The lowest BCUT2D eigenvalue weighted by molar-refractivity contribution is 1.29. The molecule has 54 heavy (non-hydrogen) atoms. The molecule has 11 rings (SSSR count). The summed E-state index contributed by atoms with van der Waals surface area (Å²) < 4.78 is 2.79. The van der Waals surface area contributed by atoms with Crippen molar-refractivity contribution in [1.29, 1.82) is 0 Å². The zero-order valence-electron chi connectivity index (χ0n) is 30.9. The highest BCUT2D eigenvalue weighted by Crippen LogP contribution is 2.46. The van der Waals surface area contributed by atoms with E-state index < -0.39 is 16.1 Å². The number of fused-ring (bicyclic) bond motifs is 11. The van der Waals surface area contributed by atoms with Crippen molar-refractivity contribution in [3.63, 3.8) is 0 Å². The SMILES string of the molecule is C[Si]1(C)c2ccccc2-c2cc(N(c3ccc(-c4ccc5ccccc5c4)cc3)c3cccc4c3[Si](C)(C)c3ccc5c(sc6ccccc65)c3-4)ccc21. The first-order valence-corrected chi connectivity index (χ1v) is 25.8. The quantitative estimate of drug-likeness (QED) is 0.162. The van der Waals surface area contributed by atoms with Gasteiger partial charge in [0.15, 0.2) is 0 Å². The summed E-state index contributed by atoms with van der Waals surface area (Å²) in [6, 6.07) is 62.1. The van der Waals surface area contributed by atoms with E-state index in [4.69, 9.17) is 0 Å². The highest BCUT2D eigenvalue weighted by molar-refractivity contribution is 7.26. The minimum absolute atomic E-state index is 1.18. The molecule has 0 unspecified atom stereocenters. The van der Waals surface area contributed by atoms with Crippen molar-refractivity contribution in [3.8, 4) is 33.4 Å². The molecule has 0 atom stereocenters. The molecule has 0 saturated heterocycles. The average molecular weight is 742 g/mol. The largest absolute Gasteiger partial charge is 0.311 e. The fraction of sp³-hybridized carbons (Fsp3) is 0.0800. The Balaban J connectivity index is 1.13. The van der Waals surface area contributed by atoms with Crippen molar-refractivity contribution in [2.45, 2.75) is 26.2 Å². The Kier molecular flexibility index (Phi) is 6.80. The van der Waals surface area contributed by atoms with Crippen molar-refractivity contribution in [3.05, 3.63) is 164 Å². The molecule has 0 spiro atoms. The van der Waals surface area contributed by atoms with Gasteiger partial charge in [0, 0.05) is 37.2 Å². The third-order valence-electron chi connectivity index (χ3n) is 12.4. The van der Waals surface area contributed by atoms with E-state index in [0.29, 0.717) is 0 Å². The molecule has 0 aliphatic carbocycles. The number of hydrogen-bond donors (Lipinski definition) is 0. The first-order valence-electron chi connectivity index (χ1n) is 19.0. The van der Waals surface area contributed by atoms with Crippen LogP contribution < -0.4 is 25.6 Å². The van der Waals surface area contributed by atoms with Crippen LogP contribution in [0.5, 0.6) is 0 Å². The van der Waals surface area contributed by atoms with Gasteiger partial charge in [0.25, 0.3) is 0 Å². The van der Waals surface area contributed by atoms with E-state index in [0.717, 1.165) is 0 Å². The number of hydrogen-bond acceptors (Lipinski definition) is 2. The lowest BCUT2D eigenvalue weighted by Gasteiger charge is -2.32. The molecule has 0 bridgehead atoms. The van der Waals surface area contributed by atoms with Gasteiger partial charge in [0.1, 0.15) is 16.1 Å². The number of rotatable bonds is 4. The molecule has 1 aromatic heterocycles. The molecule has 8 aromatic carbocycles. The Morgan fingerprint density at radius 3 is 2.00 bits per heavy atom. The minimum Gasteiger partial charge on any atom is -0.311 e. The van der Waals surface area contributed by atoms with Gasteiger partial charge >= 0.3 is 0 Å². The monoisotopic (exact) mass is 741 g/mol. The third kappa shape index (κ3) is 4.48. The van der Waals surface area contributed by atoms with Gasteiger partial charge in [-0.1, -0.05) is 148 Å². The first-order chi connectivity index (χ1) is 26.3. The van der Waals surface area contributed by atoms with Crippen LogP contribution in [0.15, 0.2) is 164 Å². The maximum Gasteiger partial charge on any atom is 0.116 e. The van der Waals surface area contributed by atoms with Crippen molar-refractivity contribution >= 4 is 96.2 Å². The van der Waals surface area contributed by atoms with Gasteiger partial charge in [-0.05, 0) is 107 Å². The highest BCUT2D eigenvalue weighted by Gasteiger charge is 2.42. The minimum atomic E-state index is -2.14. The van der Waals surface area contributed by atoms with Crippen molar-refractivity contribution < 1.29 is 0 Å². The van der Waals surface area contributed by atoms with Gasteiger partial charge < -0.3 is 4.90 Å². The van der Waals surface area contributed by atoms with Gasteiger partial charge in [-0.3, -0.25) is 0 Å². The van der Waals surface area contributed by atoms with Crippen LogP contribution >= 0.6 is 11.3 Å². The summed E-state index contributed by atoms with van der Waals surface area (Å²) in [6.07, 6.45) is 0. The Morgan fingerprint density at radius 2 is 1.13 bits per heavy atom. The average Bonchev–Trinajstić information content (AvgIpc) is 3.78. The second kappa shape index (κ2) is 11.5. The van der Waals surface area contributed by atoms with Crippen molar-refractivity contribution in [2.24, 2.45) is 0 Å². The summed E-state index contributed by atoms with van der Waals surface area (Å²) in [5.41, 5.74) is 11.9. The molecule has 0 fully saturated rings. The molecule has 3 heterocycles. The first kappa shape index (κ1) is 32.0. The number of benzene rings is 8. The zero-order valence-corrected chi connectivity index (χ0v) is 33.8. The molecule has 2 aliphatic rings. The van der Waals surface area contributed by atoms with E-state index in [9.17, 15) is 0 Å². The van der Waals surface area contributed by atoms with E-state index in [-0.39, 0.29) is 0 Å². The summed E-state index contributed by atoms with van der Waals surface area (Å²) in [7, 11) is -3.94. The molecular formula is C50H39NSSi2. The lowest BCUT2D eigenvalue weighted by Crippen LogP contribution is -2.50. The maximum atomic E-state index is 2.57. The van der Waals surface area contributed by atoms with Gasteiger partial charge in [-0.25, -0.2) is 0 Å². The standard InChI is InChI=1S/C50H39NSSi2/c1-53(2)45-19-10-8-15-39(45)42-31-37(26-28-46(42)53)51(36-24-22-33(23-25-36)35-21-20-32-12-5-6-13-34(32)30-35)43-17-11-16-41-48-47(54(3,4)50(41)43)29-27-40-38-14-7-9-18-44(38)52-49(40)48/h5-31H,1-4H3. The molecule has 2 aliphatic heterocycles. The summed E-state index contributed by atoms with van der Waals surface area (Å²) >= 11 is 1.96. The highest BCUT2D eigenvalue weighted by atomic mass is 32.1. The number of anilines is 3. The van der Waals surface area contributed by atoms with Gasteiger partial charge in [0.05, 0.1) is 0 Å². The molecule has 9 aromatic rings. The molecule has 0 N–H and O–H groups in total. The van der Waals surface area contributed by atoms with E-state index in [1.807, 2.05) is 11.3 Å². The molecular weight excluding hydrogens is 703 g/mol. The number of thiophene rings is 1. The summed E-state index contributed by atoms with van der Waals surface area (Å²) in [5, 5.41) is 11.4. The van der Waals surface area contributed by atoms with Crippen LogP contribution in [0.3, 0.4) is 0 Å². The van der Waals surface area contributed by atoms with Crippen LogP contribution in [0.1, 0.15) is 0 Å². The van der Waals surface area contributed by atoms with Gasteiger partial charge in [0.2, 0.25) is 0 Å². The second-order valence-corrected chi connectivity index (χ2v) is 25.8. The van der Waals surface area contributed by atoms with Crippen LogP contribution in [0.25, 0.3) is 64.3 Å². The fourth-order valence-electron chi connectivity index (χ4n) is 9.75. The fourth-order valence-corrected chi connectivity index (χ4v) is 17.6. The molecule has 258 valence electrons. The van der Waals surface area contributed by atoms with Crippen LogP contribution in [0.2, 0.25) is 26.2 Å². The Hall–Kier alpha value is -5.53. The normalized spacial score (nSPS) is 14.6. The Bertz CT molecular complexity index is 3010. The summed E-state index contributed by atoms with van der Waals surface area (Å²) in [6.45, 7) is 10.1. The van der Waals surface area contributed by atoms with Gasteiger partial charge in [-0.15, -0.1) is 11.3 Å². The van der Waals surface area contributed by atoms with E-state index in [1.165, 1.54) is 91.8 Å².